The van der Waals surface area contributed by atoms with Crippen molar-refractivity contribution in [2.45, 2.75) is 13.5 Å². The normalized spacial score (nSPS) is 12.2. The Balaban J connectivity index is 2.41. The summed E-state index contributed by atoms with van der Waals surface area (Å²) < 4.78 is 35.7. The summed E-state index contributed by atoms with van der Waals surface area (Å²) in [6, 6.07) is 6.25. The summed E-state index contributed by atoms with van der Waals surface area (Å²) in [6.07, 6.45) is 0. The lowest BCUT2D eigenvalue weighted by Crippen LogP contribution is -2.39. The van der Waals surface area contributed by atoms with Crippen LogP contribution in [0.4, 0.5) is 4.39 Å². The molecule has 0 saturated carbocycles. The lowest BCUT2D eigenvalue weighted by molar-refractivity contribution is 0.595. The molecule has 0 atom stereocenters. The van der Waals surface area contributed by atoms with Crippen LogP contribution in [0.25, 0.3) is 0 Å². The lowest BCUT2D eigenvalue weighted by Gasteiger charge is -2.11. The predicted molar refractivity (Wildman–Crippen MR) is 78.9 cm³/mol. The zero-order valence-corrected chi connectivity index (χ0v) is 12.5. The fraction of sp³-hybridized carbons (Fsp3) is 0.462. The number of hydrogen-bond acceptors (Lipinski definition) is 3. The van der Waals surface area contributed by atoms with Crippen molar-refractivity contribution < 1.29 is 12.8 Å². The van der Waals surface area contributed by atoms with Crippen molar-refractivity contribution >= 4 is 15.8 Å². The second-order valence-corrected chi connectivity index (χ2v) is 6.69. The number of halogens is 1. The lowest BCUT2D eigenvalue weighted by atomic mass is 10.2. The van der Waals surface area contributed by atoms with Crippen LogP contribution in [0.5, 0.6) is 0 Å². The first-order valence-electron chi connectivity index (χ1n) is 6.36. The van der Waals surface area contributed by atoms with Crippen LogP contribution in [0, 0.1) is 5.82 Å². The van der Waals surface area contributed by atoms with E-state index in [0.717, 1.165) is 5.56 Å². The average Bonchev–Trinajstić information content (AvgIpc) is 2.42. The molecular formula is C13H20FN3O2S. The van der Waals surface area contributed by atoms with Gasteiger partial charge in [0.05, 0.1) is 5.75 Å². The van der Waals surface area contributed by atoms with Gasteiger partial charge in [0, 0.05) is 25.9 Å². The summed E-state index contributed by atoms with van der Waals surface area (Å²) in [4.78, 5) is 3.98. The topological polar surface area (TPSA) is 70.6 Å². The van der Waals surface area contributed by atoms with Crippen molar-refractivity contribution in [2.75, 3.05) is 25.1 Å². The molecule has 0 saturated heterocycles. The largest absolute Gasteiger partial charge is 0.355 e. The minimum Gasteiger partial charge on any atom is -0.355 e. The molecule has 0 unspecified atom stereocenters. The molecule has 1 aromatic carbocycles. The van der Waals surface area contributed by atoms with Gasteiger partial charge in [-0.3, -0.25) is 4.99 Å². The van der Waals surface area contributed by atoms with Crippen molar-refractivity contribution in [3.05, 3.63) is 35.6 Å². The van der Waals surface area contributed by atoms with E-state index in [1.54, 1.807) is 26.1 Å². The molecule has 0 radical (unpaired) electrons. The van der Waals surface area contributed by atoms with Gasteiger partial charge >= 0.3 is 0 Å². The Morgan fingerprint density at radius 1 is 1.35 bits per heavy atom. The molecule has 0 fully saturated rings. The van der Waals surface area contributed by atoms with E-state index in [-0.39, 0.29) is 17.3 Å². The van der Waals surface area contributed by atoms with Crippen molar-refractivity contribution in [1.29, 1.82) is 0 Å². The molecule has 0 aliphatic heterocycles. The molecule has 7 heteroatoms. The van der Waals surface area contributed by atoms with Gasteiger partial charge in [0.1, 0.15) is 5.82 Å². The van der Waals surface area contributed by atoms with Crippen molar-refractivity contribution in [2.24, 2.45) is 4.99 Å². The van der Waals surface area contributed by atoms with Gasteiger partial charge in [0.2, 0.25) is 0 Å². The number of rotatable bonds is 6. The Bertz CT molecular complexity index is 558. The zero-order valence-electron chi connectivity index (χ0n) is 11.7. The van der Waals surface area contributed by atoms with Crippen molar-refractivity contribution in [1.82, 2.24) is 10.6 Å². The molecule has 1 aromatic rings. The zero-order chi connectivity index (χ0) is 15.0. The van der Waals surface area contributed by atoms with Crippen LogP contribution in [0.1, 0.15) is 12.5 Å². The number of sulfone groups is 1. The highest BCUT2D eigenvalue weighted by molar-refractivity contribution is 7.91. The number of aliphatic imine (C=N–C) groups is 1. The van der Waals surface area contributed by atoms with E-state index in [1.807, 2.05) is 0 Å². The smallest absolute Gasteiger partial charge is 0.191 e. The molecule has 2 N–H and O–H groups in total. The summed E-state index contributed by atoms with van der Waals surface area (Å²) in [5.74, 6) is 0.385. The van der Waals surface area contributed by atoms with Gasteiger partial charge in [0.15, 0.2) is 15.8 Å². The highest BCUT2D eigenvalue weighted by atomic mass is 32.2. The summed E-state index contributed by atoms with van der Waals surface area (Å²) in [7, 11) is -1.40. The maximum atomic E-state index is 13.0. The minimum absolute atomic E-state index is 0.0597. The maximum absolute atomic E-state index is 13.0. The van der Waals surface area contributed by atoms with Gasteiger partial charge < -0.3 is 10.6 Å². The first-order chi connectivity index (χ1) is 9.46. The monoisotopic (exact) mass is 301 g/mol. The molecule has 0 amide bonds. The van der Waals surface area contributed by atoms with Crippen LogP contribution < -0.4 is 10.6 Å². The van der Waals surface area contributed by atoms with Crippen LogP contribution in [0.3, 0.4) is 0 Å². The summed E-state index contributed by atoms with van der Waals surface area (Å²) in [5, 5.41) is 5.91. The Morgan fingerprint density at radius 3 is 2.70 bits per heavy atom. The van der Waals surface area contributed by atoms with Gasteiger partial charge in [-0.1, -0.05) is 19.1 Å². The Hall–Kier alpha value is -1.63. The van der Waals surface area contributed by atoms with E-state index in [2.05, 4.69) is 15.6 Å². The van der Waals surface area contributed by atoms with Crippen LogP contribution in [0.2, 0.25) is 0 Å². The van der Waals surface area contributed by atoms with Gasteiger partial charge in [-0.2, -0.15) is 0 Å². The molecule has 112 valence electrons. The second kappa shape index (κ2) is 7.84. The third kappa shape index (κ3) is 6.01. The quantitative estimate of drug-likeness (QED) is 0.606. The van der Waals surface area contributed by atoms with Gasteiger partial charge in [-0.25, -0.2) is 12.8 Å². The molecule has 5 nitrogen and oxygen atoms in total. The van der Waals surface area contributed by atoms with E-state index in [1.165, 1.54) is 12.1 Å². The van der Waals surface area contributed by atoms with Crippen LogP contribution in [0.15, 0.2) is 29.3 Å². The second-order valence-electron chi connectivity index (χ2n) is 4.22. The average molecular weight is 301 g/mol. The SMILES string of the molecule is CCS(=O)(=O)CCNC(=NC)NCc1cccc(F)c1. The number of hydrogen-bond donors (Lipinski definition) is 2. The summed E-state index contributed by atoms with van der Waals surface area (Å²) in [5.41, 5.74) is 0.786. The van der Waals surface area contributed by atoms with Crippen LogP contribution in [-0.2, 0) is 16.4 Å². The molecule has 1 rings (SSSR count). The standard InChI is InChI=1S/C13H20FN3O2S/c1-3-20(18,19)8-7-16-13(15-2)17-10-11-5-4-6-12(14)9-11/h4-6,9H,3,7-8,10H2,1-2H3,(H2,15,16,17). The number of nitrogens with one attached hydrogen (secondary N) is 2. The van der Waals surface area contributed by atoms with E-state index in [4.69, 9.17) is 0 Å². The molecule has 0 aromatic heterocycles. The number of benzene rings is 1. The molecule has 0 bridgehead atoms. The minimum atomic E-state index is -2.99. The molecule has 0 aliphatic carbocycles. The van der Waals surface area contributed by atoms with Crippen LogP contribution >= 0.6 is 0 Å². The predicted octanol–water partition coefficient (Wildman–Crippen LogP) is 0.925. The first-order valence-corrected chi connectivity index (χ1v) is 8.18. The summed E-state index contributed by atoms with van der Waals surface area (Å²) in [6.45, 7) is 2.32. The molecular weight excluding hydrogens is 281 g/mol. The van der Waals surface area contributed by atoms with E-state index < -0.39 is 9.84 Å². The Morgan fingerprint density at radius 2 is 2.10 bits per heavy atom. The Kier molecular flexibility index (Phi) is 6.44. The maximum Gasteiger partial charge on any atom is 0.191 e. The summed E-state index contributed by atoms with van der Waals surface area (Å²) >= 11 is 0. The molecule has 0 aliphatic rings. The molecule has 20 heavy (non-hydrogen) atoms. The van der Waals surface area contributed by atoms with Gasteiger partial charge in [-0.15, -0.1) is 0 Å². The van der Waals surface area contributed by atoms with E-state index in [0.29, 0.717) is 19.0 Å². The van der Waals surface area contributed by atoms with E-state index >= 15 is 0 Å². The van der Waals surface area contributed by atoms with Gasteiger partial charge in [0.25, 0.3) is 0 Å². The van der Waals surface area contributed by atoms with Crippen LogP contribution in [-0.4, -0.2) is 39.5 Å². The first kappa shape index (κ1) is 16.4. The highest BCUT2D eigenvalue weighted by Gasteiger charge is 2.07. The highest BCUT2D eigenvalue weighted by Crippen LogP contribution is 2.02. The molecule has 0 heterocycles. The van der Waals surface area contributed by atoms with E-state index in [9.17, 15) is 12.8 Å². The van der Waals surface area contributed by atoms with Crippen molar-refractivity contribution in [3.63, 3.8) is 0 Å². The van der Waals surface area contributed by atoms with Crippen molar-refractivity contribution in [3.8, 4) is 0 Å². The fourth-order valence-corrected chi connectivity index (χ4v) is 2.22. The third-order valence-electron chi connectivity index (χ3n) is 2.72. The number of nitrogens with zero attached hydrogens (tertiary/aromatic N) is 1. The van der Waals surface area contributed by atoms with Gasteiger partial charge in [-0.05, 0) is 17.7 Å². The number of guanidine groups is 1. The fourth-order valence-electron chi connectivity index (χ4n) is 1.52. The molecule has 0 spiro atoms. The Labute approximate surface area is 119 Å². The third-order valence-corrected chi connectivity index (χ3v) is 4.42.